The first-order valence-corrected chi connectivity index (χ1v) is 11.9. The van der Waals surface area contributed by atoms with Crippen LogP contribution in [0.1, 0.15) is 42.9 Å². The predicted octanol–water partition coefficient (Wildman–Crippen LogP) is 3.64. The fraction of sp³-hybridized carbons (Fsp3) is 0.421. The molecule has 4 rings (SSSR count). The molecule has 1 fully saturated rings. The summed E-state index contributed by atoms with van der Waals surface area (Å²) >= 11 is 1.51. The fourth-order valence-electron chi connectivity index (χ4n) is 3.59. The Morgan fingerprint density at radius 2 is 2.10 bits per heavy atom. The summed E-state index contributed by atoms with van der Waals surface area (Å²) in [5.74, 6) is 0.663. The van der Waals surface area contributed by atoms with E-state index in [4.69, 9.17) is 0 Å². The van der Waals surface area contributed by atoms with E-state index in [0.29, 0.717) is 24.6 Å². The van der Waals surface area contributed by atoms with Crippen molar-refractivity contribution in [3.63, 3.8) is 0 Å². The normalized spacial score (nSPS) is 17.7. The van der Waals surface area contributed by atoms with Crippen molar-refractivity contribution >= 4 is 32.3 Å². The molecule has 1 atom stereocenters. The number of thiazole rings is 1. The van der Waals surface area contributed by atoms with Crippen LogP contribution in [0.2, 0.25) is 0 Å². The van der Waals surface area contributed by atoms with Crippen molar-refractivity contribution < 1.29 is 8.42 Å². The zero-order valence-electron chi connectivity index (χ0n) is 16.7. The van der Waals surface area contributed by atoms with E-state index in [-0.39, 0.29) is 10.9 Å². The fourth-order valence-corrected chi connectivity index (χ4v) is 6.13. The SMILES string of the molecule is CCn1cc(S(=O)(=O)N2CCCC2c2cccc(Nc3nc(C)cs3)n2)c(C)n1. The summed E-state index contributed by atoms with van der Waals surface area (Å²) in [6.07, 6.45) is 3.17. The minimum Gasteiger partial charge on any atom is -0.316 e. The van der Waals surface area contributed by atoms with Crippen LogP contribution in [-0.2, 0) is 16.6 Å². The average molecular weight is 433 g/mol. The van der Waals surface area contributed by atoms with Gasteiger partial charge < -0.3 is 5.32 Å². The number of pyridine rings is 1. The molecule has 3 aromatic rings. The number of anilines is 2. The zero-order valence-corrected chi connectivity index (χ0v) is 18.3. The van der Waals surface area contributed by atoms with Crippen LogP contribution < -0.4 is 5.32 Å². The number of sulfonamides is 1. The van der Waals surface area contributed by atoms with Crippen LogP contribution >= 0.6 is 11.3 Å². The molecule has 4 heterocycles. The van der Waals surface area contributed by atoms with E-state index < -0.39 is 10.0 Å². The zero-order chi connectivity index (χ0) is 20.6. The first-order valence-electron chi connectivity index (χ1n) is 9.60. The molecule has 1 unspecified atom stereocenters. The molecule has 29 heavy (non-hydrogen) atoms. The van der Waals surface area contributed by atoms with Gasteiger partial charge >= 0.3 is 0 Å². The summed E-state index contributed by atoms with van der Waals surface area (Å²) in [4.78, 5) is 9.36. The maximum absolute atomic E-state index is 13.4. The van der Waals surface area contributed by atoms with Crippen molar-refractivity contribution in [3.05, 3.63) is 46.9 Å². The highest BCUT2D eigenvalue weighted by atomic mass is 32.2. The van der Waals surface area contributed by atoms with Crippen molar-refractivity contribution in [2.75, 3.05) is 11.9 Å². The average Bonchev–Trinajstić information content (AvgIpc) is 3.42. The number of aromatic nitrogens is 4. The molecular weight excluding hydrogens is 408 g/mol. The molecule has 0 aromatic carbocycles. The summed E-state index contributed by atoms with van der Waals surface area (Å²) in [7, 11) is -3.65. The molecule has 0 radical (unpaired) electrons. The molecule has 154 valence electrons. The van der Waals surface area contributed by atoms with E-state index in [0.717, 1.165) is 29.4 Å². The van der Waals surface area contributed by atoms with E-state index in [9.17, 15) is 8.42 Å². The maximum atomic E-state index is 13.4. The molecule has 0 spiro atoms. The first kappa shape index (κ1) is 20.0. The van der Waals surface area contributed by atoms with Crippen LogP contribution in [0, 0.1) is 13.8 Å². The Morgan fingerprint density at radius 1 is 1.28 bits per heavy atom. The Labute approximate surface area is 174 Å². The highest BCUT2D eigenvalue weighted by Crippen LogP contribution is 2.37. The van der Waals surface area contributed by atoms with Crippen molar-refractivity contribution in [2.24, 2.45) is 0 Å². The quantitative estimate of drug-likeness (QED) is 0.639. The number of nitrogens with one attached hydrogen (secondary N) is 1. The Balaban J connectivity index is 1.63. The van der Waals surface area contributed by atoms with Crippen molar-refractivity contribution in [2.45, 2.75) is 51.1 Å². The molecule has 0 amide bonds. The van der Waals surface area contributed by atoms with Crippen LogP contribution in [0.3, 0.4) is 0 Å². The van der Waals surface area contributed by atoms with Gasteiger partial charge in [0.05, 0.1) is 23.1 Å². The third kappa shape index (κ3) is 3.92. The van der Waals surface area contributed by atoms with Crippen LogP contribution in [0.25, 0.3) is 0 Å². The van der Waals surface area contributed by atoms with Gasteiger partial charge in [0.1, 0.15) is 10.7 Å². The maximum Gasteiger partial charge on any atom is 0.247 e. The van der Waals surface area contributed by atoms with E-state index in [1.807, 2.05) is 37.4 Å². The van der Waals surface area contributed by atoms with Crippen LogP contribution in [0.4, 0.5) is 10.9 Å². The lowest BCUT2D eigenvalue weighted by atomic mass is 10.1. The van der Waals surface area contributed by atoms with E-state index >= 15 is 0 Å². The summed E-state index contributed by atoms with van der Waals surface area (Å²) in [5, 5.41) is 10.3. The molecule has 0 aliphatic carbocycles. The molecule has 3 aromatic heterocycles. The largest absolute Gasteiger partial charge is 0.316 e. The molecule has 1 aliphatic heterocycles. The molecule has 1 saturated heterocycles. The Hall–Kier alpha value is -2.30. The molecule has 10 heteroatoms. The third-order valence-electron chi connectivity index (χ3n) is 4.98. The Bertz CT molecular complexity index is 1120. The second-order valence-electron chi connectivity index (χ2n) is 7.07. The lowest BCUT2D eigenvalue weighted by molar-refractivity contribution is 0.390. The summed E-state index contributed by atoms with van der Waals surface area (Å²) in [6.45, 7) is 6.73. The number of rotatable bonds is 6. The molecule has 8 nitrogen and oxygen atoms in total. The molecule has 1 aliphatic rings. The van der Waals surface area contributed by atoms with Gasteiger partial charge in [-0.15, -0.1) is 11.3 Å². The standard InChI is InChI=1S/C19H24N6O2S2/c1-4-24-11-17(14(3)23-24)29(26,27)25-10-6-8-16(25)15-7-5-9-18(21-15)22-19-20-13(2)12-28-19/h5,7,9,11-12,16H,4,6,8,10H2,1-3H3,(H,20,21,22). The monoisotopic (exact) mass is 432 g/mol. The van der Waals surface area contributed by atoms with Crippen molar-refractivity contribution in [1.82, 2.24) is 24.1 Å². The Kier molecular flexibility index (Phi) is 5.41. The van der Waals surface area contributed by atoms with Crippen LogP contribution in [0.15, 0.2) is 34.7 Å². The highest BCUT2D eigenvalue weighted by Gasteiger charge is 2.38. The smallest absolute Gasteiger partial charge is 0.247 e. The summed E-state index contributed by atoms with van der Waals surface area (Å²) in [5.41, 5.74) is 2.22. The number of aryl methyl sites for hydroxylation is 3. The van der Waals surface area contributed by atoms with Crippen molar-refractivity contribution in [3.8, 4) is 0 Å². The van der Waals surface area contributed by atoms with E-state index in [1.165, 1.54) is 11.3 Å². The van der Waals surface area contributed by atoms with Crippen LogP contribution in [-0.4, -0.2) is 39.0 Å². The predicted molar refractivity (Wildman–Crippen MR) is 113 cm³/mol. The molecular formula is C19H24N6O2S2. The number of nitrogens with zero attached hydrogens (tertiary/aromatic N) is 5. The van der Waals surface area contributed by atoms with Gasteiger partial charge in [-0.3, -0.25) is 4.68 Å². The highest BCUT2D eigenvalue weighted by molar-refractivity contribution is 7.89. The minimum absolute atomic E-state index is 0.277. The molecule has 0 bridgehead atoms. The topological polar surface area (TPSA) is 93.0 Å². The Morgan fingerprint density at radius 3 is 2.79 bits per heavy atom. The third-order valence-corrected chi connectivity index (χ3v) is 7.87. The molecule has 1 N–H and O–H groups in total. The van der Waals surface area contributed by atoms with E-state index in [2.05, 4.69) is 20.4 Å². The van der Waals surface area contributed by atoms with Gasteiger partial charge in [0.25, 0.3) is 0 Å². The number of hydrogen-bond acceptors (Lipinski definition) is 7. The van der Waals surface area contributed by atoms with Crippen molar-refractivity contribution in [1.29, 1.82) is 0 Å². The lowest BCUT2D eigenvalue weighted by Gasteiger charge is -2.23. The first-order chi connectivity index (χ1) is 13.9. The van der Waals surface area contributed by atoms with Gasteiger partial charge in [-0.05, 0) is 45.7 Å². The van der Waals surface area contributed by atoms with Gasteiger partial charge in [-0.1, -0.05) is 6.07 Å². The number of hydrogen-bond donors (Lipinski definition) is 1. The van der Waals surface area contributed by atoms with Gasteiger partial charge in [-0.2, -0.15) is 9.40 Å². The van der Waals surface area contributed by atoms with Gasteiger partial charge in [0, 0.05) is 24.7 Å². The molecule has 0 saturated carbocycles. The van der Waals surface area contributed by atoms with Gasteiger partial charge in [0.2, 0.25) is 10.0 Å². The summed E-state index contributed by atoms with van der Waals surface area (Å²) < 4.78 is 30.0. The summed E-state index contributed by atoms with van der Waals surface area (Å²) in [6, 6.07) is 5.36. The lowest BCUT2D eigenvalue weighted by Crippen LogP contribution is -2.31. The van der Waals surface area contributed by atoms with Gasteiger partial charge in [-0.25, -0.2) is 18.4 Å². The van der Waals surface area contributed by atoms with Crippen LogP contribution in [0.5, 0.6) is 0 Å². The van der Waals surface area contributed by atoms with Gasteiger partial charge in [0.15, 0.2) is 5.13 Å². The van der Waals surface area contributed by atoms with E-state index in [1.54, 1.807) is 22.1 Å². The second-order valence-corrected chi connectivity index (χ2v) is 9.79. The minimum atomic E-state index is -3.65. The second kappa shape index (κ2) is 7.85.